The summed E-state index contributed by atoms with van der Waals surface area (Å²) in [6, 6.07) is 2.50. The lowest BCUT2D eigenvalue weighted by atomic mass is 9.86. The Labute approximate surface area is 168 Å². The highest BCUT2D eigenvalue weighted by atomic mass is 16.4. The van der Waals surface area contributed by atoms with Crippen molar-refractivity contribution in [2.45, 2.75) is 32.2 Å². The second kappa shape index (κ2) is 9.05. The van der Waals surface area contributed by atoms with Gasteiger partial charge in [0.15, 0.2) is 0 Å². The van der Waals surface area contributed by atoms with Crippen LogP contribution in [0.5, 0.6) is 0 Å². The Kier molecular flexibility index (Phi) is 6.72. The molecule has 0 aliphatic carbocycles. The second-order valence-electron chi connectivity index (χ2n) is 8.40. The van der Waals surface area contributed by atoms with Crippen LogP contribution in [-0.4, -0.2) is 97.3 Å². The number of carboxylic acids is 1. The summed E-state index contributed by atoms with van der Waals surface area (Å²) in [5.41, 5.74) is 0.956. The van der Waals surface area contributed by atoms with Crippen LogP contribution in [-0.2, 0) is 4.79 Å². The fourth-order valence-corrected chi connectivity index (χ4v) is 4.35. The van der Waals surface area contributed by atoms with Crippen LogP contribution in [0.15, 0.2) is 6.07 Å². The molecule has 3 heterocycles. The number of aromatic nitrogens is 2. The predicted octanol–water partition coefficient (Wildman–Crippen LogP) is 1.16. The van der Waals surface area contributed by atoms with Gasteiger partial charge in [0.25, 0.3) is 0 Å². The van der Waals surface area contributed by atoms with Crippen molar-refractivity contribution in [3.63, 3.8) is 0 Å². The number of anilines is 2. The third-order valence-corrected chi connectivity index (χ3v) is 5.98. The number of hydrogen-bond donors (Lipinski definition) is 1. The molecule has 2 fully saturated rings. The summed E-state index contributed by atoms with van der Waals surface area (Å²) in [7, 11) is 6.07. The minimum atomic E-state index is -0.706. The molecule has 2 saturated heterocycles. The summed E-state index contributed by atoms with van der Waals surface area (Å²) >= 11 is 0. The van der Waals surface area contributed by atoms with Crippen molar-refractivity contribution in [2.24, 2.45) is 5.92 Å². The molecule has 8 nitrogen and oxygen atoms in total. The van der Waals surface area contributed by atoms with Gasteiger partial charge in [-0.25, -0.2) is 4.98 Å². The van der Waals surface area contributed by atoms with E-state index < -0.39 is 5.97 Å². The molecule has 156 valence electrons. The SMILES string of the molecule is Cc1cc(N2CC[C@H](N3CCN(C)CC3)[C@H](CCC(=O)O)C2)nc(N(C)C)n1. The molecule has 3 rings (SSSR count). The van der Waals surface area contributed by atoms with E-state index >= 15 is 0 Å². The maximum Gasteiger partial charge on any atom is 0.303 e. The van der Waals surface area contributed by atoms with E-state index in [9.17, 15) is 9.90 Å². The van der Waals surface area contributed by atoms with Crippen LogP contribution in [0.2, 0.25) is 0 Å². The number of nitrogens with zero attached hydrogens (tertiary/aromatic N) is 6. The first-order valence-corrected chi connectivity index (χ1v) is 10.3. The number of aryl methyl sites for hydroxylation is 1. The fourth-order valence-electron chi connectivity index (χ4n) is 4.35. The van der Waals surface area contributed by atoms with Crippen molar-refractivity contribution in [2.75, 3.05) is 70.2 Å². The van der Waals surface area contributed by atoms with Crippen LogP contribution >= 0.6 is 0 Å². The first-order valence-electron chi connectivity index (χ1n) is 10.3. The van der Waals surface area contributed by atoms with Crippen LogP contribution in [0.4, 0.5) is 11.8 Å². The largest absolute Gasteiger partial charge is 0.481 e. The van der Waals surface area contributed by atoms with Gasteiger partial charge in [0.2, 0.25) is 5.95 Å². The van der Waals surface area contributed by atoms with E-state index in [0.29, 0.717) is 18.4 Å². The topological polar surface area (TPSA) is 76.0 Å². The molecule has 2 aliphatic rings. The molecule has 1 N–H and O–H groups in total. The molecule has 28 heavy (non-hydrogen) atoms. The number of carbonyl (C=O) groups is 1. The Balaban J connectivity index is 1.75. The van der Waals surface area contributed by atoms with Gasteiger partial charge in [-0.2, -0.15) is 4.98 Å². The molecule has 0 bridgehead atoms. The van der Waals surface area contributed by atoms with E-state index in [1.54, 1.807) is 0 Å². The molecule has 1 aromatic heterocycles. The van der Waals surface area contributed by atoms with Crippen molar-refractivity contribution < 1.29 is 9.90 Å². The minimum Gasteiger partial charge on any atom is -0.481 e. The smallest absolute Gasteiger partial charge is 0.303 e. The zero-order valence-corrected chi connectivity index (χ0v) is 17.6. The lowest BCUT2D eigenvalue weighted by molar-refractivity contribution is -0.137. The third kappa shape index (κ3) is 5.11. The molecule has 8 heteroatoms. The highest BCUT2D eigenvalue weighted by Crippen LogP contribution is 2.30. The molecule has 2 atom stereocenters. The average molecular weight is 391 g/mol. The van der Waals surface area contributed by atoms with Crippen LogP contribution in [0.3, 0.4) is 0 Å². The van der Waals surface area contributed by atoms with Crippen molar-refractivity contribution in [3.05, 3.63) is 11.8 Å². The molecule has 0 radical (unpaired) electrons. The van der Waals surface area contributed by atoms with Crippen LogP contribution in [0.25, 0.3) is 0 Å². The van der Waals surface area contributed by atoms with Crippen LogP contribution in [0.1, 0.15) is 25.0 Å². The van der Waals surface area contributed by atoms with Gasteiger partial charge in [0, 0.05) is 77.6 Å². The zero-order valence-electron chi connectivity index (χ0n) is 17.6. The van der Waals surface area contributed by atoms with Gasteiger partial charge in [-0.05, 0) is 32.7 Å². The van der Waals surface area contributed by atoms with Crippen LogP contribution in [0, 0.1) is 12.8 Å². The molecular weight excluding hydrogens is 356 g/mol. The summed E-state index contributed by atoms with van der Waals surface area (Å²) in [4.78, 5) is 29.7. The maximum absolute atomic E-state index is 11.2. The quantitative estimate of drug-likeness (QED) is 0.776. The number of likely N-dealkylation sites (N-methyl/N-ethyl adjacent to an activating group) is 1. The number of hydrogen-bond acceptors (Lipinski definition) is 7. The van der Waals surface area contributed by atoms with Gasteiger partial charge in [-0.15, -0.1) is 0 Å². The Morgan fingerprint density at radius 2 is 1.93 bits per heavy atom. The molecule has 0 amide bonds. The average Bonchev–Trinajstić information content (AvgIpc) is 2.66. The predicted molar refractivity (Wildman–Crippen MR) is 111 cm³/mol. The zero-order chi connectivity index (χ0) is 20.3. The summed E-state index contributed by atoms with van der Waals surface area (Å²) < 4.78 is 0. The molecule has 0 saturated carbocycles. The van der Waals surface area contributed by atoms with Gasteiger partial charge in [-0.1, -0.05) is 0 Å². The van der Waals surface area contributed by atoms with Gasteiger partial charge in [-0.3, -0.25) is 9.69 Å². The van der Waals surface area contributed by atoms with E-state index in [-0.39, 0.29) is 6.42 Å². The maximum atomic E-state index is 11.2. The van der Waals surface area contributed by atoms with E-state index in [0.717, 1.165) is 63.1 Å². The van der Waals surface area contributed by atoms with Gasteiger partial charge < -0.3 is 19.8 Å². The number of aliphatic carboxylic acids is 1. The van der Waals surface area contributed by atoms with Crippen molar-refractivity contribution in [1.29, 1.82) is 0 Å². The second-order valence-corrected chi connectivity index (χ2v) is 8.40. The number of piperazine rings is 1. The molecule has 0 spiro atoms. The van der Waals surface area contributed by atoms with Crippen molar-refractivity contribution in [1.82, 2.24) is 19.8 Å². The standard InChI is InChI=1S/C20H34N6O2/c1-15-13-18(22-20(21-15)23(2)3)26-8-7-17(16(14-26)5-6-19(27)28)25-11-9-24(4)10-12-25/h13,16-17H,5-12,14H2,1-4H3,(H,27,28)/t16-,17+/m1/s1. The highest BCUT2D eigenvalue weighted by Gasteiger charge is 2.35. The van der Waals surface area contributed by atoms with Crippen molar-refractivity contribution in [3.8, 4) is 0 Å². The third-order valence-electron chi connectivity index (χ3n) is 5.98. The van der Waals surface area contributed by atoms with Gasteiger partial charge in [0.1, 0.15) is 5.82 Å². The van der Waals surface area contributed by atoms with Gasteiger partial charge in [0.05, 0.1) is 0 Å². The molecule has 0 unspecified atom stereocenters. The highest BCUT2D eigenvalue weighted by molar-refractivity contribution is 5.66. The Bertz CT molecular complexity index is 675. The Hall–Kier alpha value is -1.93. The molecular formula is C20H34N6O2. The lowest BCUT2D eigenvalue weighted by Crippen LogP contribution is -2.56. The Morgan fingerprint density at radius 3 is 2.57 bits per heavy atom. The lowest BCUT2D eigenvalue weighted by Gasteiger charge is -2.46. The Morgan fingerprint density at radius 1 is 1.21 bits per heavy atom. The molecule has 2 aliphatic heterocycles. The molecule has 1 aromatic rings. The normalized spacial score (nSPS) is 24.4. The summed E-state index contributed by atoms with van der Waals surface area (Å²) in [5, 5.41) is 9.23. The number of rotatable bonds is 6. The van der Waals surface area contributed by atoms with E-state index in [2.05, 4.69) is 26.7 Å². The minimum absolute atomic E-state index is 0.231. The first kappa shape index (κ1) is 20.8. The first-order chi connectivity index (χ1) is 13.3. The number of piperidine rings is 1. The van der Waals surface area contributed by atoms with E-state index in [1.807, 2.05) is 32.0 Å². The summed E-state index contributed by atoms with van der Waals surface area (Å²) in [6.07, 6.45) is 2.00. The molecule has 0 aromatic carbocycles. The number of carboxylic acid groups (broad SMARTS) is 1. The summed E-state index contributed by atoms with van der Waals surface area (Å²) in [6.45, 7) is 8.12. The van der Waals surface area contributed by atoms with Crippen LogP contribution < -0.4 is 9.80 Å². The van der Waals surface area contributed by atoms with E-state index in [1.165, 1.54) is 0 Å². The van der Waals surface area contributed by atoms with Gasteiger partial charge >= 0.3 is 5.97 Å². The monoisotopic (exact) mass is 390 g/mol. The fraction of sp³-hybridized carbons (Fsp3) is 0.750. The van der Waals surface area contributed by atoms with E-state index in [4.69, 9.17) is 4.98 Å². The van der Waals surface area contributed by atoms with Crippen molar-refractivity contribution >= 4 is 17.7 Å². The summed E-state index contributed by atoms with van der Waals surface area (Å²) in [5.74, 6) is 1.31.